The maximum Gasteiger partial charge on any atom is 0.315 e. The molecular weight excluding hydrogens is 248 g/mol. The van der Waals surface area contributed by atoms with Gasteiger partial charge < -0.3 is 4.74 Å². The molecular formula is C15H19ClO2. The van der Waals surface area contributed by atoms with E-state index < -0.39 is 5.41 Å². The van der Waals surface area contributed by atoms with E-state index in [0.717, 1.165) is 11.1 Å². The first-order valence-corrected chi connectivity index (χ1v) is 6.36. The van der Waals surface area contributed by atoms with Gasteiger partial charge in [0, 0.05) is 5.02 Å². The van der Waals surface area contributed by atoms with Crippen molar-refractivity contribution in [3.8, 4) is 0 Å². The molecule has 98 valence electrons. The van der Waals surface area contributed by atoms with Crippen molar-refractivity contribution in [2.45, 2.75) is 27.2 Å². The van der Waals surface area contributed by atoms with Gasteiger partial charge in [0.05, 0.1) is 12.0 Å². The molecule has 0 saturated heterocycles. The highest BCUT2D eigenvalue weighted by atomic mass is 35.5. The Morgan fingerprint density at radius 1 is 1.56 bits per heavy atom. The second kappa shape index (κ2) is 6.05. The lowest BCUT2D eigenvalue weighted by Gasteiger charge is -2.24. The smallest absolute Gasteiger partial charge is 0.315 e. The van der Waals surface area contributed by atoms with Gasteiger partial charge in [-0.05, 0) is 44.4 Å². The van der Waals surface area contributed by atoms with Gasteiger partial charge in [0.15, 0.2) is 0 Å². The third kappa shape index (κ3) is 3.36. The number of hydrogen-bond donors (Lipinski definition) is 0. The molecule has 0 bridgehead atoms. The lowest BCUT2D eigenvalue weighted by molar-refractivity contribution is -0.151. The van der Waals surface area contributed by atoms with E-state index in [2.05, 4.69) is 6.58 Å². The van der Waals surface area contributed by atoms with Crippen molar-refractivity contribution in [2.24, 2.45) is 5.41 Å². The molecule has 0 spiro atoms. The summed E-state index contributed by atoms with van der Waals surface area (Å²) in [5.41, 5.74) is 1.28. The van der Waals surface area contributed by atoms with Crippen LogP contribution in [0.3, 0.4) is 0 Å². The van der Waals surface area contributed by atoms with E-state index in [0.29, 0.717) is 18.1 Å². The van der Waals surface area contributed by atoms with Crippen LogP contribution in [0.4, 0.5) is 0 Å². The first-order chi connectivity index (χ1) is 8.42. The third-order valence-electron chi connectivity index (χ3n) is 2.96. The van der Waals surface area contributed by atoms with Crippen molar-refractivity contribution >= 4 is 17.6 Å². The Labute approximate surface area is 114 Å². The third-order valence-corrected chi connectivity index (χ3v) is 3.31. The zero-order chi connectivity index (χ0) is 13.8. The highest BCUT2D eigenvalue weighted by Crippen LogP contribution is 2.29. The summed E-state index contributed by atoms with van der Waals surface area (Å²) >= 11 is 6.19. The normalized spacial score (nSPS) is 13.8. The maximum absolute atomic E-state index is 11.9. The monoisotopic (exact) mass is 266 g/mol. The van der Waals surface area contributed by atoms with E-state index in [-0.39, 0.29) is 5.97 Å². The van der Waals surface area contributed by atoms with Crippen LogP contribution in [-0.4, -0.2) is 12.6 Å². The van der Waals surface area contributed by atoms with E-state index in [9.17, 15) is 4.79 Å². The van der Waals surface area contributed by atoms with E-state index >= 15 is 0 Å². The highest BCUT2D eigenvalue weighted by molar-refractivity contribution is 6.31. The first-order valence-electron chi connectivity index (χ1n) is 5.99. The molecule has 0 aliphatic rings. The fourth-order valence-corrected chi connectivity index (χ4v) is 2.02. The summed E-state index contributed by atoms with van der Waals surface area (Å²) in [6, 6.07) is 5.82. The molecule has 18 heavy (non-hydrogen) atoms. The van der Waals surface area contributed by atoms with Gasteiger partial charge in [-0.3, -0.25) is 4.79 Å². The summed E-state index contributed by atoms with van der Waals surface area (Å²) < 4.78 is 5.08. The van der Waals surface area contributed by atoms with E-state index in [1.54, 1.807) is 13.0 Å². The van der Waals surface area contributed by atoms with Crippen LogP contribution in [0.15, 0.2) is 30.9 Å². The number of benzene rings is 1. The Morgan fingerprint density at radius 3 is 2.72 bits per heavy atom. The van der Waals surface area contributed by atoms with E-state index in [1.165, 1.54) is 0 Å². The van der Waals surface area contributed by atoms with Crippen LogP contribution in [0.5, 0.6) is 0 Å². The SMILES string of the molecule is C=CC(C)(Cc1ccc(C)cc1Cl)C(=O)OCC. The predicted molar refractivity (Wildman–Crippen MR) is 74.8 cm³/mol. The lowest BCUT2D eigenvalue weighted by Crippen LogP contribution is -2.30. The van der Waals surface area contributed by atoms with Crippen LogP contribution in [0.1, 0.15) is 25.0 Å². The van der Waals surface area contributed by atoms with Crippen LogP contribution in [-0.2, 0) is 16.0 Å². The number of halogens is 1. The minimum atomic E-state index is -0.741. The molecule has 0 aliphatic heterocycles. The lowest BCUT2D eigenvalue weighted by atomic mass is 9.83. The van der Waals surface area contributed by atoms with Crippen molar-refractivity contribution < 1.29 is 9.53 Å². The molecule has 1 rings (SSSR count). The van der Waals surface area contributed by atoms with Gasteiger partial charge in [0.1, 0.15) is 0 Å². The Kier molecular flexibility index (Phi) is 4.97. The Balaban J connectivity index is 2.98. The Morgan fingerprint density at radius 2 is 2.22 bits per heavy atom. The van der Waals surface area contributed by atoms with Gasteiger partial charge in [-0.15, -0.1) is 6.58 Å². The number of hydrogen-bond acceptors (Lipinski definition) is 2. The summed E-state index contributed by atoms with van der Waals surface area (Å²) in [5.74, 6) is -0.267. The molecule has 0 heterocycles. The van der Waals surface area contributed by atoms with Crippen LogP contribution >= 0.6 is 11.6 Å². The van der Waals surface area contributed by atoms with E-state index in [1.807, 2.05) is 32.0 Å². The quantitative estimate of drug-likeness (QED) is 0.596. The molecule has 0 saturated carbocycles. The molecule has 2 nitrogen and oxygen atoms in total. The highest BCUT2D eigenvalue weighted by Gasteiger charge is 2.32. The Hall–Kier alpha value is -1.28. The molecule has 0 fully saturated rings. The summed E-state index contributed by atoms with van der Waals surface area (Å²) in [4.78, 5) is 11.9. The average Bonchev–Trinajstić information content (AvgIpc) is 2.33. The maximum atomic E-state index is 11.9. The van der Waals surface area contributed by atoms with Crippen LogP contribution in [0.2, 0.25) is 5.02 Å². The zero-order valence-corrected chi connectivity index (χ0v) is 11.9. The molecule has 3 heteroatoms. The molecule has 0 radical (unpaired) electrons. The summed E-state index contributed by atoms with van der Waals surface area (Å²) in [6.07, 6.45) is 2.12. The molecule has 1 atom stereocenters. The van der Waals surface area contributed by atoms with Gasteiger partial charge in [0.25, 0.3) is 0 Å². The largest absolute Gasteiger partial charge is 0.465 e. The summed E-state index contributed by atoms with van der Waals surface area (Å²) in [6.45, 7) is 9.69. The molecule has 0 aliphatic carbocycles. The van der Waals surface area contributed by atoms with Crippen LogP contribution in [0, 0.1) is 12.3 Å². The van der Waals surface area contributed by atoms with Crippen molar-refractivity contribution in [1.29, 1.82) is 0 Å². The van der Waals surface area contributed by atoms with Gasteiger partial charge >= 0.3 is 5.97 Å². The number of carbonyl (C=O) groups is 1. The fourth-order valence-electron chi connectivity index (χ4n) is 1.71. The van der Waals surface area contributed by atoms with Crippen molar-refractivity contribution in [2.75, 3.05) is 6.61 Å². The fraction of sp³-hybridized carbons (Fsp3) is 0.400. The molecule has 1 aromatic rings. The minimum Gasteiger partial charge on any atom is -0.465 e. The molecule has 0 N–H and O–H groups in total. The number of carbonyl (C=O) groups excluding carboxylic acids is 1. The zero-order valence-electron chi connectivity index (χ0n) is 11.1. The van der Waals surface area contributed by atoms with Crippen LogP contribution in [0.25, 0.3) is 0 Å². The minimum absolute atomic E-state index is 0.267. The standard InChI is InChI=1S/C15H19ClO2/c1-5-15(4,14(17)18-6-2)10-12-8-7-11(3)9-13(12)16/h5,7-9H,1,6,10H2,2-4H3. The second-order valence-corrected chi connectivity index (χ2v) is 5.02. The molecule has 0 amide bonds. The van der Waals surface area contributed by atoms with Gasteiger partial charge in [0.2, 0.25) is 0 Å². The van der Waals surface area contributed by atoms with Crippen molar-refractivity contribution in [1.82, 2.24) is 0 Å². The van der Waals surface area contributed by atoms with Gasteiger partial charge in [-0.25, -0.2) is 0 Å². The molecule has 0 aromatic heterocycles. The predicted octanol–water partition coefficient (Wildman–Crippen LogP) is 3.95. The summed E-state index contributed by atoms with van der Waals surface area (Å²) in [5, 5.41) is 0.673. The van der Waals surface area contributed by atoms with Gasteiger partial charge in [-0.1, -0.05) is 29.8 Å². The summed E-state index contributed by atoms with van der Waals surface area (Å²) in [7, 11) is 0. The number of esters is 1. The first kappa shape index (κ1) is 14.8. The van der Waals surface area contributed by atoms with Gasteiger partial charge in [-0.2, -0.15) is 0 Å². The number of ether oxygens (including phenoxy) is 1. The molecule has 1 aromatic carbocycles. The average molecular weight is 267 g/mol. The number of rotatable bonds is 5. The number of aryl methyl sites for hydroxylation is 1. The topological polar surface area (TPSA) is 26.3 Å². The van der Waals surface area contributed by atoms with E-state index in [4.69, 9.17) is 16.3 Å². The van der Waals surface area contributed by atoms with Crippen molar-refractivity contribution in [3.05, 3.63) is 47.0 Å². The molecule has 1 unspecified atom stereocenters. The Bertz CT molecular complexity index is 454. The second-order valence-electron chi connectivity index (χ2n) is 4.61. The van der Waals surface area contributed by atoms with Crippen molar-refractivity contribution in [3.63, 3.8) is 0 Å². The van der Waals surface area contributed by atoms with Crippen LogP contribution < -0.4 is 0 Å².